The van der Waals surface area contributed by atoms with Gasteiger partial charge in [-0.15, -0.1) is 0 Å². The highest BCUT2D eigenvalue weighted by Crippen LogP contribution is 2.30. The molecule has 0 spiro atoms. The van der Waals surface area contributed by atoms with Crippen LogP contribution >= 0.6 is 0 Å². The zero-order chi connectivity index (χ0) is 15.6. The molecule has 0 aliphatic rings. The molecule has 0 amide bonds. The van der Waals surface area contributed by atoms with Gasteiger partial charge in [-0.25, -0.2) is 14.2 Å². The van der Waals surface area contributed by atoms with Gasteiger partial charge in [0.1, 0.15) is 11.6 Å². The zero-order valence-electron chi connectivity index (χ0n) is 10.5. The number of nitrogens with two attached hydrogens (primary N) is 1. The van der Waals surface area contributed by atoms with Crippen molar-refractivity contribution in [3.05, 3.63) is 65.0 Å². The molecule has 1 unspecified atom stereocenters. The Labute approximate surface area is 116 Å². The van der Waals surface area contributed by atoms with Gasteiger partial charge in [0.25, 0.3) is 0 Å². The van der Waals surface area contributed by atoms with Gasteiger partial charge in [-0.2, -0.15) is 13.2 Å². The lowest BCUT2D eigenvalue weighted by atomic mass is 10.0. The number of nitrogens with zero attached hydrogens (tertiary/aromatic N) is 1. The van der Waals surface area contributed by atoms with Gasteiger partial charge in [-0.1, -0.05) is 6.07 Å². The zero-order valence-corrected chi connectivity index (χ0v) is 10.5. The number of nitrogens with one attached hydrogen (secondary N) is 1. The molecule has 0 fully saturated rings. The molecule has 0 saturated heterocycles. The number of aromatic nitrogens is 1. The van der Waals surface area contributed by atoms with Gasteiger partial charge in [-0.3, -0.25) is 10.8 Å². The van der Waals surface area contributed by atoms with Crippen LogP contribution < -0.4 is 11.3 Å². The summed E-state index contributed by atoms with van der Waals surface area (Å²) in [6.45, 7) is 0. The van der Waals surface area contributed by atoms with Crippen LogP contribution in [-0.4, -0.2) is 4.98 Å². The van der Waals surface area contributed by atoms with E-state index < -0.39 is 29.4 Å². The molecule has 21 heavy (non-hydrogen) atoms. The van der Waals surface area contributed by atoms with E-state index in [1.807, 2.05) is 0 Å². The molecule has 0 aliphatic carbocycles. The molecule has 3 nitrogen and oxygen atoms in total. The van der Waals surface area contributed by atoms with Gasteiger partial charge >= 0.3 is 6.18 Å². The number of hydrogen-bond acceptors (Lipinski definition) is 3. The van der Waals surface area contributed by atoms with Crippen molar-refractivity contribution in [2.24, 2.45) is 5.84 Å². The fourth-order valence-corrected chi connectivity index (χ4v) is 1.81. The van der Waals surface area contributed by atoms with E-state index in [2.05, 4.69) is 10.4 Å². The lowest BCUT2D eigenvalue weighted by molar-refractivity contribution is -0.137. The summed E-state index contributed by atoms with van der Waals surface area (Å²) < 4.78 is 63.9. The van der Waals surface area contributed by atoms with Gasteiger partial charge in [0.2, 0.25) is 0 Å². The third-order valence-electron chi connectivity index (χ3n) is 2.85. The van der Waals surface area contributed by atoms with Crippen molar-refractivity contribution in [3.63, 3.8) is 0 Å². The van der Waals surface area contributed by atoms with Gasteiger partial charge in [0.05, 0.1) is 17.3 Å². The van der Waals surface area contributed by atoms with E-state index in [1.54, 1.807) is 0 Å². The van der Waals surface area contributed by atoms with Gasteiger partial charge in [-0.05, 0) is 18.2 Å². The number of pyridine rings is 1. The number of hydrogen-bond donors (Lipinski definition) is 2. The van der Waals surface area contributed by atoms with E-state index in [4.69, 9.17) is 5.84 Å². The van der Waals surface area contributed by atoms with Gasteiger partial charge < -0.3 is 0 Å². The minimum atomic E-state index is -4.52. The Morgan fingerprint density at radius 2 is 1.81 bits per heavy atom. The first-order chi connectivity index (χ1) is 9.82. The molecular formula is C13H10F5N3. The first kappa shape index (κ1) is 15.3. The number of alkyl halides is 3. The van der Waals surface area contributed by atoms with Crippen molar-refractivity contribution in [2.45, 2.75) is 12.2 Å². The number of halogens is 5. The Balaban J connectivity index is 2.37. The van der Waals surface area contributed by atoms with Crippen LogP contribution in [0.5, 0.6) is 0 Å². The Bertz CT molecular complexity index is 625. The fourth-order valence-electron chi connectivity index (χ4n) is 1.81. The van der Waals surface area contributed by atoms with Crippen LogP contribution in [0.1, 0.15) is 22.9 Å². The van der Waals surface area contributed by atoms with Crippen LogP contribution in [0.15, 0.2) is 36.5 Å². The summed E-state index contributed by atoms with van der Waals surface area (Å²) >= 11 is 0. The largest absolute Gasteiger partial charge is 0.417 e. The Hall–Kier alpha value is -2.06. The molecular weight excluding hydrogens is 293 g/mol. The average Bonchev–Trinajstić information content (AvgIpc) is 2.41. The smallest absolute Gasteiger partial charge is 0.271 e. The van der Waals surface area contributed by atoms with Crippen molar-refractivity contribution in [1.82, 2.24) is 10.4 Å². The van der Waals surface area contributed by atoms with Crippen LogP contribution in [0.25, 0.3) is 0 Å². The van der Waals surface area contributed by atoms with Gasteiger partial charge in [0.15, 0.2) is 0 Å². The van der Waals surface area contributed by atoms with Crippen molar-refractivity contribution in [3.8, 4) is 0 Å². The minimum Gasteiger partial charge on any atom is -0.271 e. The van der Waals surface area contributed by atoms with Crippen LogP contribution in [-0.2, 0) is 6.18 Å². The Morgan fingerprint density at radius 3 is 2.29 bits per heavy atom. The molecule has 0 radical (unpaired) electrons. The molecule has 0 saturated carbocycles. The summed E-state index contributed by atoms with van der Waals surface area (Å²) in [6, 6.07) is 3.72. The summed E-state index contributed by atoms with van der Waals surface area (Å²) in [4.78, 5) is 3.63. The van der Waals surface area contributed by atoms with Crippen LogP contribution in [0.3, 0.4) is 0 Å². The Morgan fingerprint density at radius 1 is 1.10 bits per heavy atom. The standard InChI is InChI=1S/C13H10F5N3/c14-8-2-3-9(10(15)5-8)12(21-19)11-4-1-7(6-20-11)13(16,17)18/h1-6,12,21H,19H2. The van der Waals surface area contributed by atoms with Crippen LogP contribution in [0.2, 0.25) is 0 Å². The summed E-state index contributed by atoms with van der Waals surface area (Å²) in [5.74, 6) is 3.65. The maximum atomic E-state index is 13.7. The van der Waals surface area contributed by atoms with E-state index in [0.717, 1.165) is 24.3 Å². The number of hydrazine groups is 1. The van der Waals surface area contributed by atoms with Crippen molar-refractivity contribution < 1.29 is 22.0 Å². The third kappa shape index (κ3) is 3.34. The van der Waals surface area contributed by atoms with Gasteiger partial charge in [0, 0.05) is 17.8 Å². The van der Waals surface area contributed by atoms with E-state index in [1.165, 1.54) is 0 Å². The lowest BCUT2D eigenvalue weighted by Crippen LogP contribution is -2.30. The average molecular weight is 303 g/mol. The molecule has 0 aliphatic heterocycles. The van der Waals surface area contributed by atoms with E-state index >= 15 is 0 Å². The second-order valence-corrected chi connectivity index (χ2v) is 4.24. The maximum Gasteiger partial charge on any atom is 0.417 e. The molecule has 112 valence electrons. The maximum absolute atomic E-state index is 13.7. The molecule has 8 heteroatoms. The summed E-state index contributed by atoms with van der Waals surface area (Å²) in [6.07, 6.45) is -3.89. The second-order valence-electron chi connectivity index (χ2n) is 4.24. The van der Waals surface area contributed by atoms with E-state index in [9.17, 15) is 22.0 Å². The molecule has 1 atom stereocenters. The summed E-state index contributed by atoms with van der Waals surface area (Å²) in [7, 11) is 0. The second kappa shape index (κ2) is 5.74. The predicted octanol–water partition coefficient (Wildman–Crippen LogP) is 2.93. The topological polar surface area (TPSA) is 50.9 Å². The molecule has 1 aromatic carbocycles. The van der Waals surface area contributed by atoms with Crippen LogP contribution in [0.4, 0.5) is 22.0 Å². The summed E-state index contributed by atoms with van der Waals surface area (Å²) in [5, 5.41) is 0. The monoisotopic (exact) mass is 303 g/mol. The minimum absolute atomic E-state index is 0.0221. The first-order valence-electron chi connectivity index (χ1n) is 5.77. The molecule has 1 heterocycles. The fraction of sp³-hybridized carbons (Fsp3) is 0.154. The van der Waals surface area contributed by atoms with E-state index in [-0.39, 0.29) is 11.3 Å². The quantitative estimate of drug-likeness (QED) is 0.521. The highest BCUT2D eigenvalue weighted by molar-refractivity contribution is 5.30. The van der Waals surface area contributed by atoms with Crippen molar-refractivity contribution in [1.29, 1.82) is 0 Å². The lowest BCUT2D eigenvalue weighted by Gasteiger charge is -2.17. The third-order valence-corrected chi connectivity index (χ3v) is 2.85. The predicted molar refractivity (Wildman–Crippen MR) is 64.8 cm³/mol. The number of benzene rings is 1. The van der Waals surface area contributed by atoms with E-state index in [0.29, 0.717) is 12.3 Å². The summed E-state index contributed by atoms with van der Waals surface area (Å²) in [5.41, 5.74) is 1.38. The van der Waals surface area contributed by atoms with Crippen molar-refractivity contribution in [2.75, 3.05) is 0 Å². The molecule has 1 aromatic heterocycles. The normalized spacial score (nSPS) is 13.2. The van der Waals surface area contributed by atoms with Crippen molar-refractivity contribution >= 4 is 0 Å². The molecule has 2 rings (SSSR count). The molecule has 0 bridgehead atoms. The molecule has 3 N–H and O–H groups in total. The number of rotatable bonds is 3. The first-order valence-corrected chi connectivity index (χ1v) is 5.77. The highest BCUT2D eigenvalue weighted by atomic mass is 19.4. The Kier molecular flexibility index (Phi) is 4.19. The SMILES string of the molecule is NNC(c1ccc(C(F)(F)F)cn1)c1ccc(F)cc1F. The van der Waals surface area contributed by atoms with Crippen LogP contribution in [0, 0.1) is 11.6 Å². The highest BCUT2D eigenvalue weighted by Gasteiger charge is 2.31. The molecule has 2 aromatic rings.